The Hall–Kier alpha value is -2.64. The highest BCUT2D eigenvalue weighted by Crippen LogP contribution is 2.32. The van der Waals surface area contributed by atoms with E-state index in [9.17, 15) is 9.59 Å². The number of carbonyl (C=O) groups is 2. The molecular formula is C15H17N5O3. The molecule has 23 heavy (non-hydrogen) atoms. The maximum atomic E-state index is 12.7. The minimum Gasteiger partial charge on any atom is -0.465 e. The second-order valence-electron chi connectivity index (χ2n) is 6.27. The lowest BCUT2D eigenvalue weighted by Gasteiger charge is -2.32. The summed E-state index contributed by atoms with van der Waals surface area (Å²) >= 11 is 0. The van der Waals surface area contributed by atoms with Crippen molar-refractivity contribution in [1.82, 2.24) is 25.2 Å². The fourth-order valence-electron chi connectivity index (χ4n) is 3.66. The van der Waals surface area contributed by atoms with Gasteiger partial charge in [0, 0.05) is 31.7 Å². The van der Waals surface area contributed by atoms with Crippen molar-refractivity contribution in [2.45, 2.75) is 6.42 Å². The third-order valence-electron chi connectivity index (χ3n) is 4.92. The molecule has 0 radical (unpaired) electrons. The second kappa shape index (κ2) is 5.22. The van der Waals surface area contributed by atoms with E-state index in [2.05, 4.69) is 15.4 Å². The molecule has 120 valence electrons. The molecule has 2 atom stereocenters. The number of hydrogen-bond donors (Lipinski definition) is 2. The number of rotatable bonds is 1. The topological polar surface area (TPSA) is 102 Å². The van der Waals surface area contributed by atoms with Crippen LogP contribution in [0.2, 0.25) is 0 Å². The average molecular weight is 315 g/mol. The van der Waals surface area contributed by atoms with Crippen LogP contribution in [0.15, 0.2) is 18.2 Å². The number of H-pyrrole nitrogens is 1. The summed E-state index contributed by atoms with van der Waals surface area (Å²) in [6.07, 6.45) is -0.0482. The largest absolute Gasteiger partial charge is 0.465 e. The second-order valence-corrected chi connectivity index (χ2v) is 6.27. The number of aromatic amines is 1. The quantitative estimate of drug-likeness (QED) is 0.818. The molecule has 1 aromatic heterocycles. The molecule has 8 nitrogen and oxygen atoms in total. The number of aromatic nitrogens is 3. The van der Waals surface area contributed by atoms with E-state index in [-0.39, 0.29) is 11.8 Å². The molecule has 0 bridgehead atoms. The van der Waals surface area contributed by atoms with Gasteiger partial charge in [0.05, 0.1) is 0 Å². The molecule has 2 saturated heterocycles. The van der Waals surface area contributed by atoms with Crippen LogP contribution in [0.3, 0.4) is 0 Å². The molecular weight excluding hydrogens is 298 g/mol. The molecule has 3 heterocycles. The van der Waals surface area contributed by atoms with Gasteiger partial charge in [0.2, 0.25) is 0 Å². The Morgan fingerprint density at radius 1 is 1.09 bits per heavy atom. The fourth-order valence-corrected chi connectivity index (χ4v) is 3.66. The summed E-state index contributed by atoms with van der Waals surface area (Å²) in [4.78, 5) is 27.1. The molecule has 2 unspecified atom stereocenters. The summed E-state index contributed by atoms with van der Waals surface area (Å²) in [6, 6.07) is 5.28. The highest BCUT2D eigenvalue weighted by atomic mass is 16.4. The van der Waals surface area contributed by atoms with Crippen molar-refractivity contribution < 1.29 is 14.7 Å². The Kier molecular flexibility index (Phi) is 3.17. The van der Waals surface area contributed by atoms with E-state index in [0.29, 0.717) is 43.2 Å². The standard InChI is InChI=1S/C15H17N5O3/c21-14(9-1-2-12-13(5-9)17-18-16-12)20-6-10-3-4-19(15(22)23)7-11(10)8-20/h1-2,5,10-11H,3-4,6-8H2,(H,22,23)(H,16,17,18). The van der Waals surface area contributed by atoms with Gasteiger partial charge in [-0.1, -0.05) is 0 Å². The number of piperidine rings is 1. The number of carbonyl (C=O) groups excluding carboxylic acids is 1. The van der Waals surface area contributed by atoms with Crippen LogP contribution in [-0.4, -0.2) is 68.5 Å². The van der Waals surface area contributed by atoms with Gasteiger partial charge >= 0.3 is 6.09 Å². The Bertz CT molecular complexity index is 773. The zero-order valence-electron chi connectivity index (χ0n) is 12.5. The minimum absolute atomic E-state index is 0.0221. The lowest BCUT2D eigenvalue weighted by molar-refractivity contribution is 0.0784. The van der Waals surface area contributed by atoms with E-state index in [1.807, 2.05) is 4.90 Å². The summed E-state index contributed by atoms with van der Waals surface area (Å²) in [5.41, 5.74) is 2.00. The van der Waals surface area contributed by atoms with Crippen molar-refractivity contribution in [2.75, 3.05) is 26.2 Å². The van der Waals surface area contributed by atoms with Crippen LogP contribution in [0.25, 0.3) is 11.0 Å². The molecule has 2 aliphatic heterocycles. The van der Waals surface area contributed by atoms with Crippen molar-refractivity contribution in [3.63, 3.8) is 0 Å². The zero-order chi connectivity index (χ0) is 16.0. The number of fused-ring (bicyclic) bond motifs is 2. The number of benzene rings is 1. The van der Waals surface area contributed by atoms with Gasteiger partial charge in [-0.05, 0) is 36.5 Å². The smallest absolute Gasteiger partial charge is 0.407 e. The fraction of sp³-hybridized carbons (Fsp3) is 0.467. The number of amides is 2. The monoisotopic (exact) mass is 315 g/mol. The van der Waals surface area contributed by atoms with Crippen LogP contribution < -0.4 is 0 Å². The third-order valence-corrected chi connectivity index (χ3v) is 4.92. The Labute approximate surface area is 132 Å². The van der Waals surface area contributed by atoms with Gasteiger partial charge < -0.3 is 14.9 Å². The van der Waals surface area contributed by atoms with Crippen LogP contribution >= 0.6 is 0 Å². The lowest BCUT2D eigenvalue weighted by Crippen LogP contribution is -2.42. The van der Waals surface area contributed by atoms with E-state index in [1.165, 1.54) is 4.90 Å². The summed E-state index contributed by atoms with van der Waals surface area (Å²) in [6.45, 7) is 2.40. The molecule has 1 aromatic carbocycles. The number of nitrogens with one attached hydrogen (secondary N) is 1. The average Bonchev–Trinajstić information content (AvgIpc) is 3.18. The Morgan fingerprint density at radius 3 is 2.65 bits per heavy atom. The van der Waals surface area contributed by atoms with Gasteiger partial charge in [-0.15, -0.1) is 0 Å². The molecule has 0 spiro atoms. The number of likely N-dealkylation sites (tertiary alicyclic amines) is 2. The van der Waals surface area contributed by atoms with Gasteiger partial charge in [-0.3, -0.25) is 4.79 Å². The van der Waals surface area contributed by atoms with Gasteiger partial charge in [0.25, 0.3) is 5.91 Å². The third kappa shape index (κ3) is 2.39. The molecule has 2 aliphatic rings. The molecule has 2 fully saturated rings. The number of nitrogens with zero attached hydrogens (tertiary/aromatic N) is 4. The van der Waals surface area contributed by atoms with E-state index in [0.717, 1.165) is 11.9 Å². The van der Waals surface area contributed by atoms with Crippen LogP contribution in [0.5, 0.6) is 0 Å². The molecule has 0 saturated carbocycles. The molecule has 4 rings (SSSR count). The first-order valence-electron chi connectivity index (χ1n) is 7.69. The maximum Gasteiger partial charge on any atom is 0.407 e. The molecule has 2 aromatic rings. The van der Waals surface area contributed by atoms with Crippen molar-refractivity contribution in [3.05, 3.63) is 23.8 Å². The van der Waals surface area contributed by atoms with Gasteiger partial charge in [0.15, 0.2) is 0 Å². The summed E-state index contributed by atoms with van der Waals surface area (Å²) in [5, 5.41) is 19.7. The molecule has 8 heteroatoms. The highest BCUT2D eigenvalue weighted by molar-refractivity contribution is 5.97. The van der Waals surface area contributed by atoms with Crippen LogP contribution in [0, 0.1) is 11.8 Å². The minimum atomic E-state index is -0.871. The van der Waals surface area contributed by atoms with Gasteiger partial charge in [-0.25, -0.2) is 4.79 Å². The van der Waals surface area contributed by atoms with Crippen molar-refractivity contribution in [3.8, 4) is 0 Å². The summed E-state index contributed by atoms with van der Waals surface area (Å²) < 4.78 is 0. The maximum absolute atomic E-state index is 12.7. The lowest BCUT2D eigenvalue weighted by atomic mass is 9.89. The first kappa shape index (κ1) is 14.0. The van der Waals surface area contributed by atoms with E-state index in [1.54, 1.807) is 18.2 Å². The first-order chi connectivity index (χ1) is 11.1. The van der Waals surface area contributed by atoms with E-state index >= 15 is 0 Å². The molecule has 2 amide bonds. The van der Waals surface area contributed by atoms with Gasteiger partial charge in [0.1, 0.15) is 11.0 Å². The van der Waals surface area contributed by atoms with Crippen molar-refractivity contribution in [2.24, 2.45) is 11.8 Å². The SMILES string of the molecule is O=C(O)N1CCC2CN(C(=O)c3ccc4n[nH]nc4c3)CC2C1. The predicted octanol–water partition coefficient (Wildman–Crippen LogP) is 1.03. The molecule has 2 N–H and O–H groups in total. The van der Waals surface area contributed by atoms with E-state index < -0.39 is 6.09 Å². The first-order valence-corrected chi connectivity index (χ1v) is 7.69. The Morgan fingerprint density at radius 2 is 1.83 bits per heavy atom. The molecule has 0 aliphatic carbocycles. The van der Waals surface area contributed by atoms with E-state index in [4.69, 9.17) is 5.11 Å². The van der Waals surface area contributed by atoms with Gasteiger partial charge in [-0.2, -0.15) is 15.4 Å². The predicted molar refractivity (Wildman–Crippen MR) is 81.0 cm³/mol. The summed E-state index contributed by atoms with van der Waals surface area (Å²) in [7, 11) is 0. The highest BCUT2D eigenvalue weighted by Gasteiger charge is 2.40. The zero-order valence-corrected chi connectivity index (χ0v) is 12.5. The van der Waals surface area contributed by atoms with Crippen molar-refractivity contribution >= 4 is 23.0 Å². The Balaban J connectivity index is 1.50. The van der Waals surface area contributed by atoms with Crippen LogP contribution in [-0.2, 0) is 0 Å². The summed E-state index contributed by atoms with van der Waals surface area (Å²) in [5.74, 6) is 0.607. The van der Waals surface area contributed by atoms with Crippen molar-refractivity contribution in [1.29, 1.82) is 0 Å². The van der Waals surface area contributed by atoms with Crippen LogP contribution in [0.1, 0.15) is 16.8 Å². The normalized spacial score (nSPS) is 24.0. The number of hydrogen-bond acceptors (Lipinski definition) is 4. The number of carboxylic acid groups (broad SMARTS) is 1. The van der Waals surface area contributed by atoms with Crippen LogP contribution in [0.4, 0.5) is 4.79 Å².